The van der Waals surface area contributed by atoms with Crippen molar-refractivity contribution in [1.82, 2.24) is 30.0 Å². The maximum absolute atomic E-state index is 12.7. The number of aromatic nitrogens is 2. The second-order valence-corrected chi connectivity index (χ2v) is 8.13. The minimum atomic E-state index is -0.343. The number of morpholine rings is 1. The number of amides is 2. The van der Waals surface area contributed by atoms with Crippen molar-refractivity contribution < 1.29 is 14.3 Å². The van der Waals surface area contributed by atoms with Gasteiger partial charge in [0.05, 0.1) is 31.0 Å². The Morgan fingerprint density at radius 3 is 2.58 bits per heavy atom. The van der Waals surface area contributed by atoms with Crippen molar-refractivity contribution in [2.75, 3.05) is 65.5 Å². The number of rotatable bonds is 5. The normalized spacial score (nSPS) is 23.9. The SMILES string of the molecule is Cl.Cl.O=C(CN1CCC2(C1)CN(C(=O)CCc1cnccn1)CCO2)N1CCNCC1. The number of hydrogen-bond acceptors (Lipinski definition) is 7. The summed E-state index contributed by atoms with van der Waals surface area (Å²) in [7, 11) is 0. The molecule has 0 aliphatic carbocycles. The lowest BCUT2D eigenvalue weighted by Gasteiger charge is -2.40. The number of halogens is 2. The first-order chi connectivity index (χ1) is 14.1. The first kappa shape index (κ1) is 25.7. The van der Waals surface area contributed by atoms with E-state index in [4.69, 9.17) is 4.74 Å². The van der Waals surface area contributed by atoms with Gasteiger partial charge in [-0.05, 0) is 12.8 Å². The fourth-order valence-electron chi connectivity index (χ4n) is 4.42. The van der Waals surface area contributed by atoms with Gasteiger partial charge < -0.3 is 19.9 Å². The second-order valence-electron chi connectivity index (χ2n) is 8.13. The van der Waals surface area contributed by atoms with Gasteiger partial charge in [0.2, 0.25) is 11.8 Å². The van der Waals surface area contributed by atoms with Gasteiger partial charge in [-0.25, -0.2) is 0 Å². The van der Waals surface area contributed by atoms with Gasteiger partial charge >= 0.3 is 0 Å². The van der Waals surface area contributed by atoms with Gasteiger partial charge in [0.25, 0.3) is 0 Å². The first-order valence-electron chi connectivity index (χ1n) is 10.5. The monoisotopic (exact) mass is 474 g/mol. The molecule has 4 rings (SSSR count). The average Bonchev–Trinajstić information content (AvgIpc) is 3.14. The van der Waals surface area contributed by atoms with Crippen LogP contribution in [0.1, 0.15) is 18.5 Å². The first-order valence-corrected chi connectivity index (χ1v) is 10.5. The highest BCUT2D eigenvalue weighted by Crippen LogP contribution is 2.29. The Kier molecular flexibility index (Phi) is 9.90. The number of hydrogen-bond donors (Lipinski definition) is 1. The standard InChI is InChI=1S/C20H30N6O3.2ClH/c27-18(2-1-17-13-22-4-5-23-17)26-11-12-29-20(16-26)3-8-24(15-20)14-19(28)25-9-6-21-7-10-25;;/h4-5,13,21H,1-3,6-12,14-16H2;2*1H. The molecule has 3 aliphatic heterocycles. The Balaban J connectivity index is 0.00000171. The van der Waals surface area contributed by atoms with Crippen molar-refractivity contribution in [2.45, 2.75) is 24.9 Å². The highest BCUT2D eigenvalue weighted by atomic mass is 35.5. The highest BCUT2D eigenvalue weighted by molar-refractivity contribution is 5.85. The van der Waals surface area contributed by atoms with Gasteiger partial charge in [0.1, 0.15) is 0 Å². The quantitative estimate of drug-likeness (QED) is 0.641. The van der Waals surface area contributed by atoms with Crippen LogP contribution in [0, 0.1) is 0 Å². The third kappa shape index (κ3) is 6.73. The molecule has 1 N–H and O–H groups in total. The van der Waals surface area contributed by atoms with E-state index in [1.54, 1.807) is 18.6 Å². The average molecular weight is 475 g/mol. The summed E-state index contributed by atoms with van der Waals surface area (Å²) >= 11 is 0. The zero-order valence-electron chi connectivity index (χ0n) is 17.7. The van der Waals surface area contributed by atoms with E-state index in [9.17, 15) is 9.59 Å². The number of nitrogens with one attached hydrogen (secondary N) is 1. The Labute approximate surface area is 195 Å². The molecule has 31 heavy (non-hydrogen) atoms. The zero-order chi connectivity index (χ0) is 20.1. The van der Waals surface area contributed by atoms with Gasteiger partial charge in [-0.1, -0.05) is 0 Å². The van der Waals surface area contributed by atoms with Gasteiger partial charge in [-0.3, -0.25) is 24.5 Å². The number of likely N-dealkylation sites (tertiary alicyclic amines) is 1. The summed E-state index contributed by atoms with van der Waals surface area (Å²) in [6.45, 7) is 7.05. The topological polar surface area (TPSA) is 90.9 Å². The lowest BCUT2D eigenvalue weighted by molar-refractivity contribution is -0.149. The van der Waals surface area contributed by atoms with E-state index in [1.165, 1.54) is 0 Å². The molecule has 0 bridgehead atoms. The lowest BCUT2D eigenvalue weighted by atomic mass is 10.00. The predicted molar refractivity (Wildman–Crippen MR) is 121 cm³/mol. The zero-order valence-corrected chi connectivity index (χ0v) is 19.3. The van der Waals surface area contributed by atoms with E-state index in [0.717, 1.165) is 44.8 Å². The molecule has 174 valence electrons. The molecule has 3 fully saturated rings. The Morgan fingerprint density at radius 1 is 1.03 bits per heavy atom. The molecule has 3 saturated heterocycles. The van der Waals surface area contributed by atoms with Crippen molar-refractivity contribution in [3.8, 4) is 0 Å². The minimum Gasteiger partial charge on any atom is -0.370 e. The van der Waals surface area contributed by atoms with Gasteiger partial charge in [-0.2, -0.15) is 0 Å². The van der Waals surface area contributed by atoms with Gasteiger partial charge in [-0.15, -0.1) is 24.8 Å². The van der Waals surface area contributed by atoms with Crippen LogP contribution < -0.4 is 5.32 Å². The van der Waals surface area contributed by atoms with Gasteiger partial charge in [0.15, 0.2) is 0 Å². The number of nitrogens with zero attached hydrogens (tertiary/aromatic N) is 5. The Morgan fingerprint density at radius 2 is 1.84 bits per heavy atom. The van der Waals surface area contributed by atoms with Crippen molar-refractivity contribution >= 4 is 36.6 Å². The predicted octanol–water partition coefficient (Wildman–Crippen LogP) is -0.0121. The number of aryl methyl sites for hydroxylation is 1. The number of piperazine rings is 1. The van der Waals surface area contributed by atoms with Crippen molar-refractivity contribution in [2.24, 2.45) is 0 Å². The molecular formula is C20H32Cl2N6O3. The summed E-state index contributed by atoms with van der Waals surface area (Å²) in [5.41, 5.74) is 0.492. The van der Waals surface area contributed by atoms with Crippen LogP contribution in [0.15, 0.2) is 18.6 Å². The molecule has 1 unspecified atom stereocenters. The summed E-state index contributed by atoms with van der Waals surface area (Å²) in [6.07, 6.45) is 6.88. The third-order valence-corrected chi connectivity index (χ3v) is 6.04. The van der Waals surface area contributed by atoms with E-state index in [0.29, 0.717) is 45.6 Å². The molecule has 4 heterocycles. The van der Waals surface area contributed by atoms with Gasteiger partial charge in [0, 0.05) is 70.8 Å². The molecule has 1 spiro atoms. The number of carbonyl (C=O) groups excluding carboxylic acids is 2. The van der Waals surface area contributed by atoms with Crippen LogP contribution in [-0.4, -0.2) is 108 Å². The van der Waals surface area contributed by atoms with E-state index in [1.807, 2.05) is 9.80 Å². The molecule has 1 aromatic rings. The molecule has 3 aliphatic rings. The maximum atomic E-state index is 12.7. The molecule has 0 aromatic carbocycles. The smallest absolute Gasteiger partial charge is 0.236 e. The van der Waals surface area contributed by atoms with E-state index in [-0.39, 0.29) is 42.2 Å². The number of ether oxygens (including phenoxy) is 1. The summed E-state index contributed by atoms with van der Waals surface area (Å²) in [5.74, 6) is 0.324. The highest BCUT2D eigenvalue weighted by Gasteiger charge is 2.44. The van der Waals surface area contributed by atoms with Crippen LogP contribution >= 0.6 is 24.8 Å². The summed E-state index contributed by atoms with van der Waals surface area (Å²) in [6, 6.07) is 0. The molecule has 0 radical (unpaired) electrons. The summed E-state index contributed by atoms with van der Waals surface area (Å²) < 4.78 is 6.13. The molecule has 1 aromatic heterocycles. The molecule has 9 nitrogen and oxygen atoms in total. The second kappa shape index (κ2) is 11.9. The van der Waals surface area contributed by atoms with E-state index >= 15 is 0 Å². The molecule has 2 amide bonds. The molecule has 1 atom stereocenters. The number of carbonyl (C=O) groups is 2. The summed E-state index contributed by atoms with van der Waals surface area (Å²) in [4.78, 5) is 39.6. The Hall–Kier alpha value is -1.52. The van der Waals surface area contributed by atoms with Crippen LogP contribution in [0.4, 0.5) is 0 Å². The summed E-state index contributed by atoms with van der Waals surface area (Å²) in [5, 5.41) is 3.27. The molecular weight excluding hydrogens is 443 g/mol. The van der Waals surface area contributed by atoms with Crippen molar-refractivity contribution in [1.29, 1.82) is 0 Å². The fourth-order valence-corrected chi connectivity index (χ4v) is 4.42. The Bertz CT molecular complexity index is 722. The largest absolute Gasteiger partial charge is 0.370 e. The third-order valence-electron chi connectivity index (χ3n) is 6.04. The molecule has 0 saturated carbocycles. The van der Waals surface area contributed by atoms with Crippen molar-refractivity contribution in [3.63, 3.8) is 0 Å². The van der Waals surface area contributed by atoms with Crippen LogP contribution in [0.2, 0.25) is 0 Å². The van der Waals surface area contributed by atoms with Crippen molar-refractivity contribution in [3.05, 3.63) is 24.3 Å². The van der Waals surface area contributed by atoms with Crippen LogP contribution in [0.25, 0.3) is 0 Å². The maximum Gasteiger partial charge on any atom is 0.236 e. The van der Waals surface area contributed by atoms with E-state index in [2.05, 4.69) is 20.2 Å². The van der Waals surface area contributed by atoms with Crippen LogP contribution in [0.5, 0.6) is 0 Å². The fraction of sp³-hybridized carbons (Fsp3) is 0.700. The van der Waals surface area contributed by atoms with E-state index < -0.39 is 0 Å². The van der Waals surface area contributed by atoms with Crippen LogP contribution in [0.3, 0.4) is 0 Å². The lowest BCUT2D eigenvalue weighted by Crippen LogP contribution is -2.55. The van der Waals surface area contributed by atoms with Crippen LogP contribution in [-0.2, 0) is 20.7 Å². The minimum absolute atomic E-state index is 0. The molecule has 11 heteroatoms.